The van der Waals surface area contributed by atoms with Crippen molar-refractivity contribution in [2.24, 2.45) is 5.73 Å². The topological polar surface area (TPSA) is 102 Å². The maximum absolute atomic E-state index is 10.5. The Hall–Kier alpha value is -1.43. The zero-order chi connectivity index (χ0) is 10.1. The number of aromatic nitrogens is 2. The van der Waals surface area contributed by atoms with Crippen LogP contribution < -0.4 is 5.73 Å². The van der Waals surface area contributed by atoms with Gasteiger partial charge in [0.25, 0.3) is 0 Å². The number of nitrogens with two attached hydrogens (primary N) is 1. The summed E-state index contributed by atoms with van der Waals surface area (Å²) >= 11 is 0. The molecule has 0 bridgehead atoms. The van der Waals surface area contributed by atoms with Gasteiger partial charge in [0.1, 0.15) is 17.4 Å². The fraction of sp³-hybridized carbons (Fsp3) is 0.625. The Morgan fingerprint density at radius 2 is 2.36 bits per heavy atom. The summed E-state index contributed by atoms with van der Waals surface area (Å²) in [6.07, 6.45) is 2.33. The van der Waals surface area contributed by atoms with E-state index < -0.39 is 12.0 Å². The van der Waals surface area contributed by atoms with Crippen LogP contribution in [0, 0.1) is 0 Å². The Morgan fingerprint density at radius 1 is 1.64 bits per heavy atom. The van der Waals surface area contributed by atoms with Gasteiger partial charge in [-0.3, -0.25) is 4.79 Å². The van der Waals surface area contributed by atoms with Crippen LogP contribution in [0.25, 0.3) is 0 Å². The molecule has 0 saturated heterocycles. The van der Waals surface area contributed by atoms with Crippen molar-refractivity contribution in [3.8, 4) is 0 Å². The van der Waals surface area contributed by atoms with E-state index >= 15 is 0 Å². The van der Waals surface area contributed by atoms with Crippen LogP contribution in [0.4, 0.5) is 0 Å². The van der Waals surface area contributed by atoms with Gasteiger partial charge in [-0.1, -0.05) is 10.3 Å². The molecule has 0 aliphatic heterocycles. The molecule has 76 valence electrons. The molecular weight excluding hydrogens is 186 g/mol. The molecular formula is C8H11N3O3. The molecule has 1 atom stereocenters. The Labute approximate surface area is 80.0 Å². The van der Waals surface area contributed by atoms with Gasteiger partial charge in [0.05, 0.1) is 0 Å². The highest BCUT2D eigenvalue weighted by Gasteiger charge is 2.31. The number of rotatable bonds is 4. The third-order valence-corrected chi connectivity index (χ3v) is 2.28. The number of hydrogen-bond acceptors (Lipinski definition) is 5. The fourth-order valence-corrected chi connectivity index (χ4v) is 1.32. The predicted molar refractivity (Wildman–Crippen MR) is 45.6 cm³/mol. The summed E-state index contributed by atoms with van der Waals surface area (Å²) in [7, 11) is 0. The Kier molecular flexibility index (Phi) is 2.20. The highest BCUT2D eigenvalue weighted by molar-refractivity contribution is 5.73. The zero-order valence-corrected chi connectivity index (χ0v) is 7.51. The highest BCUT2D eigenvalue weighted by atomic mass is 16.6. The first-order valence-electron chi connectivity index (χ1n) is 4.48. The van der Waals surface area contributed by atoms with E-state index in [1.165, 1.54) is 0 Å². The first-order chi connectivity index (χ1) is 6.68. The minimum atomic E-state index is -1.03. The molecule has 1 saturated carbocycles. The van der Waals surface area contributed by atoms with Crippen molar-refractivity contribution in [2.75, 3.05) is 0 Å². The SMILES string of the molecule is NC(Cc1nonc1C1CC1)C(=O)O. The maximum atomic E-state index is 10.5. The van der Waals surface area contributed by atoms with Crippen molar-refractivity contribution in [3.05, 3.63) is 11.4 Å². The Balaban J connectivity index is 2.08. The highest BCUT2D eigenvalue weighted by Crippen LogP contribution is 2.40. The van der Waals surface area contributed by atoms with E-state index in [-0.39, 0.29) is 6.42 Å². The molecule has 2 rings (SSSR count). The molecule has 1 aromatic rings. The smallest absolute Gasteiger partial charge is 0.320 e. The summed E-state index contributed by atoms with van der Waals surface area (Å²) in [5.41, 5.74) is 6.75. The minimum Gasteiger partial charge on any atom is -0.480 e. The van der Waals surface area contributed by atoms with Gasteiger partial charge >= 0.3 is 5.97 Å². The Bertz CT molecular complexity index is 345. The normalized spacial score (nSPS) is 18.1. The van der Waals surface area contributed by atoms with E-state index in [0.717, 1.165) is 18.5 Å². The number of carboxylic acid groups (broad SMARTS) is 1. The maximum Gasteiger partial charge on any atom is 0.320 e. The lowest BCUT2D eigenvalue weighted by atomic mass is 10.1. The molecule has 1 heterocycles. The monoisotopic (exact) mass is 197 g/mol. The number of carbonyl (C=O) groups is 1. The summed E-state index contributed by atoms with van der Waals surface area (Å²) in [6, 6.07) is -0.931. The summed E-state index contributed by atoms with van der Waals surface area (Å²) in [5.74, 6) is -0.632. The molecule has 0 spiro atoms. The average Bonchev–Trinajstić information content (AvgIpc) is 2.88. The molecule has 1 unspecified atom stereocenters. The minimum absolute atomic E-state index is 0.185. The van der Waals surface area contributed by atoms with E-state index in [2.05, 4.69) is 14.9 Å². The van der Waals surface area contributed by atoms with E-state index in [4.69, 9.17) is 10.8 Å². The van der Waals surface area contributed by atoms with Crippen LogP contribution >= 0.6 is 0 Å². The number of aliphatic carboxylic acids is 1. The largest absolute Gasteiger partial charge is 0.480 e. The molecule has 0 radical (unpaired) electrons. The third-order valence-electron chi connectivity index (χ3n) is 2.28. The van der Waals surface area contributed by atoms with Crippen LogP contribution in [0.5, 0.6) is 0 Å². The van der Waals surface area contributed by atoms with E-state index in [9.17, 15) is 4.79 Å². The summed E-state index contributed by atoms with van der Waals surface area (Å²) in [4.78, 5) is 10.5. The van der Waals surface area contributed by atoms with Gasteiger partial charge in [-0.15, -0.1) is 0 Å². The number of carboxylic acids is 1. The van der Waals surface area contributed by atoms with Gasteiger partial charge in [-0.05, 0) is 12.8 Å². The summed E-state index contributed by atoms with van der Waals surface area (Å²) < 4.78 is 4.58. The van der Waals surface area contributed by atoms with Crippen molar-refractivity contribution in [1.82, 2.24) is 10.3 Å². The van der Waals surface area contributed by atoms with Crippen LogP contribution in [-0.4, -0.2) is 27.4 Å². The van der Waals surface area contributed by atoms with E-state index in [1.807, 2.05) is 0 Å². The molecule has 1 aliphatic rings. The van der Waals surface area contributed by atoms with E-state index in [1.54, 1.807) is 0 Å². The molecule has 3 N–H and O–H groups in total. The van der Waals surface area contributed by atoms with Crippen LogP contribution in [0.2, 0.25) is 0 Å². The molecule has 0 amide bonds. The van der Waals surface area contributed by atoms with Crippen molar-refractivity contribution in [2.45, 2.75) is 31.2 Å². The lowest BCUT2D eigenvalue weighted by Gasteiger charge is -2.02. The van der Waals surface area contributed by atoms with Crippen molar-refractivity contribution < 1.29 is 14.5 Å². The summed E-state index contributed by atoms with van der Waals surface area (Å²) in [6.45, 7) is 0. The van der Waals surface area contributed by atoms with Crippen LogP contribution in [0.3, 0.4) is 0 Å². The molecule has 1 aliphatic carbocycles. The van der Waals surface area contributed by atoms with Gasteiger partial charge in [-0.2, -0.15) is 0 Å². The second-order valence-corrected chi connectivity index (χ2v) is 3.52. The van der Waals surface area contributed by atoms with E-state index in [0.29, 0.717) is 11.6 Å². The number of hydrogen-bond donors (Lipinski definition) is 2. The third kappa shape index (κ3) is 1.74. The van der Waals surface area contributed by atoms with Crippen molar-refractivity contribution in [3.63, 3.8) is 0 Å². The summed E-state index contributed by atoms with van der Waals surface area (Å²) in [5, 5.41) is 16.0. The van der Waals surface area contributed by atoms with Crippen LogP contribution in [0.1, 0.15) is 30.1 Å². The molecule has 1 fully saturated rings. The first kappa shape index (κ1) is 9.14. The lowest BCUT2D eigenvalue weighted by Crippen LogP contribution is -2.32. The molecule has 1 aromatic heterocycles. The lowest BCUT2D eigenvalue weighted by molar-refractivity contribution is -0.138. The zero-order valence-electron chi connectivity index (χ0n) is 7.51. The Morgan fingerprint density at radius 3 is 2.93 bits per heavy atom. The molecule has 0 aromatic carbocycles. The predicted octanol–water partition coefficient (Wildman–Crippen LogP) is -0.0986. The second-order valence-electron chi connectivity index (χ2n) is 3.52. The van der Waals surface area contributed by atoms with Gasteiger partial charge in [-0.25, -0.2) is 4.63 Å². The van der Waals surface area contributed by atoms with Gasteiger partial charge in [0, 0.05) is 12.3 Å². The fourth-order valence-electron chi connectivity index (χ4n) is 1.32. The number of nitrogens with zero attached hydrogens (tertiary/aromatic N) is 2. The molecule has 14 heavy (non-hydrogen) atoms. The molecule has 6 heteroatoms. The van der Waals surface area contributed by atoms with Gasteiger partial charge in [0.2, 0.25) is 0 Å². The van der Waals surface area contributed by atoms with Crippen LogP contribution in [-0.2, 0) is 11.2 Å². The average molecular weight is 197 g/mol. The molecule has 6 nitrogen and oxygen atoms in total. The van der Waals surface area contributed by atoms with Crippen LogP contribution in [0.15, 0.2) is 4.63 Å². The van der Waals surface area contributed by atoms with Gasteiger partial charge in [0.15, 0.2) is 0 Å². The second kappa shape index (κ2) is 3.38. The quantitative estimate of drug-likeness (QED) is 0.698. The first-order valence-corrected chi connectivity index (χ1v) is 4.48. The van der Waals surface area contributed by atoms with Crippen molar-refractivity contribution in [1.29, 1.82) is 0 Å². The van der Waals surface area contributed by atoms with Gasteiger partial charge < -0.3 is 10.8 Å². The standard InChI is InChI=1S/C8H11N3O3/c9-5(8(12)13)3-6-7(4-1-2-4)11-14-10-6/h4-5H,1-3,9H2,(H,12,13). The van der Waals surface area contributed by atoms with Crippen molar-refractivity contribution >= 4 is 5.97 Å².